The van der Waals surface area contributed by atoms with Gasteiger partial charge in [-0.2, -0.15) is 0 Å². The maximum absolute atomic E-state index is 5.46. The Hall–Kier alpha value is -1.54. The molecule has 2 aromatic rings. The van der Waals surface area contributed by atoms with E-state index in [-0.39, 0.29) is 0 Å². The highest BCUT2D eigenvalue weighted by atomic mass is 16.5. The first-order chi connectivity index (χ1) is 9.72. The van der Waals surface area contributed by atoms with Crippen LogP contribution in [0, 0.1) is 0 Å². The first kappa shape index (κ1) is 13.4. The molecule has 0 bridgehead atoms. The molecule has 0 amide bonds. The monoisotopic (exact) mass is 269 g/mol. The Bertz CT molecular complexity index is 599. The van der Waals surface area contributed by atoms with Gasteiger partial charge in [0.05, 0.1) is 7.11 Å². The molecule has 0 spiro atoms. The van der Waals surface area contributed by atoms with Crippen LogP contribution in [0.1, 0.15) is 38.2 Å². The van der Waals surface area contributed by atoms with Crippen molar-refractivity contribution in [2.75, 3.05) is 7.11 Å². The van der Waals surface area contributed by atoms with Crippen LogP contribution in [0.4, 0.5) is 0 Å². The molecule has 0 saturated heterocycles. The minimum Gasteiger partial charge on any atom is -0.496 e. The number of benzene rings is 2. The number of hydrogen-bond acceptors (Lipinski definition) is 2. The van der Waals surface area contributed by atoms with E-state index in [9.17, 15) is 0 Å². The molecule has 1 aliphatic rings. The lowest BCUT2D eigenvalue weighted by molar-refractivity contribution is 0.363. The Balaban J connectivity index is 1.88. The van der Waals surface area contributed by atoms with Crippen molar-refractivity contribution in [1.29, 1.82) is 0 Å². The van der Waals surface area contributed by atoms with Crippen LogP contribution in [-0.4, -0.2) is 12.6 Å². The van der Waals surface area contributed by atoms with E-state index >= 15 is 0 Å². The average molecular weight is 269 g/mol. The van der Waals surface area contributed by atoms with Crippen LogP contribution in [0.3, 0.4) is 0 Å². The third kappa shape index (κ3) is 2.53. The number of methoxy groups -OCH3 is 1. The molecule has 2 aromatic carbocycles. The predicted octanol–water partition coefficient (Wildman–Crippen LogP) is 4.27. The fraction of sp³-hybridized carbons (Fsp3) is 0.444. The van der Waals surface area contributed by atoms with Gasteiger partial charge in [0.15, 0.2) is 0 Å². The van der Waals surface area contributed by atoms with Crippen molar-refractivity contribution < 1.29 is 4.74 Å². The number of fused-ring (bicyclic) bond motifs is 1. The molecule has 0 atom stereocenters. The molecular formula is C18H23NO. The zero-order valence-corrected chi connectivity index (χ0v) is 12.4. The summed E-state index contributed by atoms with van der Waals surface area (Å²) < 4.78 is 5.46. The zero-order chi connectivity index (χ0) is 14.0. The van der Waals surface area contributed by atoms with Crippen molar-refractivity contribution >= 4 is 10.8 Å². The van der Waals surface area contributed by atoms with Crippen molar-refractivity contribution in [3.8, 4) is 5.75 Å². The Morgan fingerprint density at radius 2 is 1.75 bits per heavy atom. The summed E-state index contributed by atoms with van der Waals surface area (Å²) in [5.74, 6) is 0.955. The molecule has 0 aromatic heterocycles. The second-order valence-electron chi connectivity index (χ2n) is 6.09. The van der Waals surface area contributed by atoms with Gasteiger partial charge in [-0.3, -0.25) is 0 Å². The van der Waals surface area contributed by atoms with Crippen LogP contribution in [0.25, 0.3) is 10.8 Å². The number of nitrogens with one attached hydrogen (secondary N) is 1. The van der Waals surface area contributed by atoms with Gasteiger partial charge in [0.2, 0.25) is 0 Å². The molecule has 1 fully saturated rings. The van der Waals surface area contributed by atoms with Crippen molar-refractivity contribution in [3.63, 3.8) is 0 Å². The van der Waals surface area contributed by atoms with Crippen LogP contribution >= 0.6 is 0 Å². The summed E-state index contributed by atoms with van der Waals surface area (Å²) in [5, 5.41) is 6.26. The van der Waals surface area contributed by atoms with Crippen molar-refractivity contribution in [2.24, 2.45) is 0 Å². The van der Waals surface area contributed by atoms with Crippen LogP contribution in [0.2, 0.25) is 0 Å². The SMILES string of the molecule is COc1ccc(CNC2(C)CCCC2)c2ccccc12. The lowest BCUT2D eigenvalue weighted by Gasteiger charge is -2.26. The lowest BCUT2D eigenvalue weighted by Crippen LogP contribution is -2.38. The summed E-state index contributed by atoms with van der Waals surface area (Å²) in [5.41, 5.74) is 1.68. The highest BCUT2D eigenvalue weighted by molar-refractivity contribution is 5.91. The van der Waals surface area contributed by atoms with Crippen LogP contribution in [-0.2, 0) is 6.54 Å². The highest BCUT2D eigenvalue weighted by Crippen LogP contribution is 2.31. The van der Waals surface area contributed by atoms with E-state index in [2.05, 4.69) is 48.6 Å². The highest BCUT2D eigenvalue weighted by Gasteiger charge is 2.27. The van der Waals surface area contributed by atoms with Crippen molar-refractivity contribution in [3.05, 3.63) is 42.0 Å². The molecule has 3 rings (SSSR count). The minimum atomic E-state index is 0.320. The number of hydrogen-bond donors (Lipinski definition) is 1. The second-order valence-corrected chi connectivity index (χ2v) is 6.09. The molecule has 2 nitrogen and oxygen atoms in total. The van der Waals surface area contributed by atoms with Gasteiger partial charge in [0, 0.05) is 17.5 Å². The summed E-state index contributed by atoms with van der Waals surface area (Å²) in [6, 6.07) is 12.8. The van der Waals surface area contributed by atoms with Crippen LogP contribution in [0.5, 0.6) is 5.75 Å². The summed E-state index contributed by atoms with van der Waals surface area (Å²) >= 11 is 0. The van der Waals surface area contributed by atoms with Gasteiger partial charge < -0.3 is 10.1 Å². The second kappa shape index (κ2) is 5.45. The van der Waals surface area contributed by atoms with Gasteiger partial charge in [-0.05, 0) is 36.8 Å². The quantitative estimate of drug-likeness (QED) is 0.895. The molecule has 0 radical (unpaired) electrons. The Kier molecular flexibility index (Phi) is 3.66. The topological polar surface area (TPSA) is 21.3 Å². The van der Waals surface area contributed by atoms with Gasteiger partial charge in [0.25, 0.3) is 0 Å². The van der Waals surface area contributed by atoms with E-state index in [4.69, 9.17) is 4.74 Å². The van der Waals surface area contributed by atoms with Gasteiger partial charge >= 0.3 is 0 Å². The summed E-state index contributed by atoms with van der Waals surface area (Å²) in [7, 11) is 1.74. The van der Waals surface area contributed by atoms with Gasteiger partial charge in [-0.25, -0.2) is 0 Å². The van der Waals surface area contributed by atoms with Crippen molar-refractivity contribution in [2.45, 2.75) is 44.7 Å². The van der Waals surface area contributed by atoms with Crippen molar-refractivity contribution in [1.82, 2.24) is 5.32 Å². The molecule has 1 aliphatic carbocycles. The smallest absolute Gasteiger partial charge is 0.126 e. The molecule has 1 N–H and O–H groups in total. The summed E-state index contributed by atoms with van der Waals surface area (Å²) in [6.07, 6.45) is 5.29. The third-order valence-electron chi connectivity index (χ3n) is 4.61. The fourth-order valence-corrected chi connectivity index (χ4v) is 3.31. The van der Waals surface area contributed by atoms with E-state index in [0.717, 1.165) is 12.3 Å². The minimum absolute atomic E-state index is 0.320. The fourth-order valence-electron chi connectivity index (χ4n) is 3.31. The van der Waals surface area contributed by atoms with E-state index in [1.165, 1.54) is 42.0 Å². The number of ether oxygens (including phenoxy) is 1. The normalized spacial score (nSPS) is 17.5. The Labute approximate surface area is 121 Å². The zero-order valence-electron chi connectivity index (χ0n) is 12.4. The standard InChI is InChI=1S/C18H23NO/c1-18(11-5-6-12-18)19-13-14-9-10-17(20-2)16-8-4-3-7-15(14)16/h3-4,7-10,19H,5-6,11-13H2,1-2H3. The summed E-state index contributed by atoms with van der Waals surface area (Å²) in [6.45, 7) is 3.28. The predicted molar refractivity (Wildman–Crippen MR) is 84.2 cm³/mol. The van der Waals surface area contributed by atoms with Crippen LogP contribution in [0.15, 0.2) is 36.4 Å². The first-order valence-corrected chi connectivity index (χ1v) is 7.51. The Morgan fingerprint density at radius 3 is 2.45 bits per heavy atom. The Morgan fingerprint density at radius 1 is 1.05 bits per heavy atom. The molecule has 106 valence electrons. The van der Waals surface area contributed by atoms with E-state index in [0.29, 0.717) is 5.54 Å². The largest absolute Gasteiger partial charge is 0.496 e. The summed E-state index contributed by atoms with van der Waals surface area (Å²) in [4.78, 5) is 0. The molecule has 20 heavy (non-hydrogen) atoms. The molecule has 0 heterocycles. The van der Waals surface area contributed by atoms with Gasteiger partial charge in [-0.15, -0.1) is 0 Å². The van der Waals surface area contributed by atoms with E-state index in [1.807, 2.05) is 0 Å². The van der Waals surface area contributed by atoms with Gasteiger partial charge in [-0.1, -0.05) is 43.2 Å². The van der Waals surface area contributed by atoms with E-state index < -0.39 is 0 Å². The molecule has 0 unspecified atom stereocenters. The maximum Gasteiger partial charge on any atom is 0.126 e. The van der Waals surface area contributed by atoms with Gasteiger partial charge in [0.1, 0.15) is 5.75 Å². The average Bonchev–Trinajstić information content (AvgIpc) is 2.92. The molecular weight excluding hydrogens is 246 g/mol. The first-order valence-electron chi connectivity index (χ1n) is 7.51. The maximum atomic E-state index is 5.46. The molecule has 0 aliphatic heterocycles. The van der Waals surface area contributed by atoms with Crippen LogP contribution < -0.4 is 10.1 Å². The van der Waals surface area contributed by atoms with E-state index in [1.54, 1.807) is 7.11 Å². The molecule has 2 heteroatoms. The lowest BCUT2D eigenvalue weighted by atomic mass is 9.98. The third-order valence-corrected chi connectivity index (χ3v) is 4.61. The molecule has 1 saturated carbocycles. The number of rotatable bonds is 4.